The van der Waals surface area contributed by atoms with Crippen molar-refractivity contribution in [2.24, 2.45) is 0 Å². The SMILES string of the molecule is CCCCCCCCCOc1ccc(/C=C(/S)C(=O)NC=S)cc1. The Balaban J connectivity index is 2.28. The van der Waals surface area contributed by atoms with Crippen molar-refractivity contribution >= 4 is 42.3 Å². The Kier molecular flexibility index (Phi) is 11.2. The molecule has 0 saturated heterocycles. The number of rotatable bonds is 12. The van der Waals surface area contributed by atoms with Crippen LogP contribution in [-0.4, -0.2) is 18.0 Å². The van der Waals surface area contributed by atoms with Crippen molar-refractivity contribution in [1.29, 1.82) is 0 Å². The molecule has 0 spiro atoms. The predicted octanol–water partition coefficient (Wildman–Crippen LogP) is 5.16. The van der Waals surface area contributed by atoms with Crippen molar-refractivity contribution in [2.45, 2.75) is 51.9 Å². The summed E-state index contributed by atoms with van der Waals surface area (Å²) in [6, 6.07) is 7.62. The summed E-state index contributed by atoms with van der Waals surface area (Å²) in [5, 5.41) is 2.41. The molecule has 0 radical (unpaired) electrons. The number of nitrogens with one attached hydrogen (secondary N) is 1. The molecule has 3 nitrogen and oxygen atoms in total. The number of thiol groups is 1. The van der Waals surface area contributed by atoms with E-state index in [2.05, 4.69) is 37.1 Å². The molecule has 0 aromatic heterocycles. The number of carbonyl (C=O) groups is 1. The molecule has 0 aliphatic carbocycles. The van der Waals surface area contributed by atoms with Crippen molar-refractivity contribution in [3.8, 4) is 5.75 Å². The summed E-state index contributed by atoms with van der Waals surface area (Å²) >= 11 is 8.74. The second kappa shape index (κ2) is 13.0. The third-order valence-electron chi connectivity index (χ3n) is 3.62. The Bertz CT molecular complexity index is 527. The molecule has 0 heterocycles. The maximum absolute atomic E-state index is 11.5. The van der Waals surface area contributed by atoms with E-state index in [-0.39, 0.29) is 5.91 Å². The molecule has 1 aromatic carbocycles. The molecule has 0 aliphatic heterocycles. The second-order valence-corrected chi connectivity index (χ2v) is 6.38. The first-order valence-corrected chi connectivity index (χ1v) is 9.47. The highest BCUT2D eigenvalue weighted by Crippen LogP contribution is 2.16. The number of hydrogen-bond donors (Lipinski definition) is 2. The smallest absolute Gasteiger partial charge is 0.262 e. The zero-order valence-electron chi connectivity index (χ0n) is 14.3. The third kappa shape index (κ3) is 9.08. The van der Waals surface area contributed by atoms with Gasteiger partial charge in [0.05, 0.1) is 17.0 Å². The van der Waals surface area contributed by atoms with Crippen LogP contribution in [0.15, 0.2) is 29.2 Å². The highest BCUT2D eigenvalue weighted by Gasteiger charge is 2.03. The van der Waals surface area contributed by atoms with Gasteiger partial charge in [0.1, 0.15) is 5.75 Å². The Labute approximate surface area is 156 Å². The van der Waals surface area contributed by atoms with Crippen LogP contribution >= 0.6 is 24.8 Å². The Morgan fingerprint density at radius 3 is 2.38 bits per heavy atom. The van der Waals surface area contributed by atoms with E-state index in [1.54, 1.807) is 6.08 Å². The van der Waals surface area contributed by atoms with Crippen LogP contribution in [-0.2, 0) is 4.79 Å². The Hall–Kier alpha value is -1.33. The first-order valence-electron chi connectivity index (χ1n) is 8.55. The van der Waals surface area contributed by atoms with Crippen molar-refractivity contribution in [2.75, 3.05) is 6.61 Å². The summed E-state index contributed by atoms with van der Waals surface area (Å²) in [5.41, 5.74) is 2.07. The van der Waals surface area contributed by atoms with Crippen LogP contribution in [0.3, 0.4) is 0 Å². The molecular formula is C19H27NO2S2. The topological polar surface area (TPSA) is 38.3 Å². The average molecular weight is 366 g/mol. The van der Waals surface area contributed by atoms with E-state index in [0.717, 1.165) is 24.3 Å². The van der Waals surface area contributed by atoms with Crippen LogP contribution in [0.5, 0.6) is 5.75 Å². The van der Waals surface area contributed by atoms with Crippen molar-refractivity contribution in [1.82, 2.24) is 5.32 Å². The van der Waals surface area contributed by atoms with Gasteiger partial charge in [-0.2, -0.15) is 0 Å². The van der Waals surface area contributed by atoms with Crippen LogP contribution < -0.4 is 10.1 Å². The lowest BCUT2D eigenvalue weighted by Crippen LogP contribution is -2.20. The predicted molar refractivity (Wildman–Crippen MR) is 109 cm³/mol. The normalized spacial score (nSPS) is 11.2. The van der Waals surface area contributed by atoms with Gasteiger partial charge in [-0.05, 0) is 30.2 Å². The van der Waals surface area contributed by atoms with Crippen LogP contribution in [0.2, 0.25) is 0 Å². The minimum atomic E-state index is -0.312. The van der Waals surface area contributed by atoms with Gasteiger partial charge < -0.3 is 10.1 Å². The van der Waals surface area contributed by atoms with E-state index in [9.17, 15) is 4.79 Å². The fraction of sp³-hybridized carbons (Fsp3) is 0.474. The van der Waals surface area contributed by atoms with E-state index < -0.39 is 0 Å². The van der Waals surface area contributed by atoms with Crippen LogP contribution in [0.4, 0.5) is 0 Å². The van der Waals surface area contributed by atoms with Crippen molar-refractivity contribution < 1.29 is 9.53 Å². The molecule has 5 heteroatoms. The van der Waals surface area contributed by atoms with Gasteiger partial charge in [-0.3, -0.25) is 4.79 Å². The summed E-state index contributed by atoms with van der Waals surface area (Å²) in [5.74, 6) is 0.537. The maximum atomic E-state index is 11.5. The molecule has 1 rings (SSSR count). The van der Waals surface area contributed by atoms with E-state index in [1.807, 2.05) is 24.3 Å². The Morgan fingerprint density at radius 2 is 1.75 bits per heavy atom. The number of carbonyl (C=O) groups excluding carboxylic acids is 1. The molecule has 1 N–H and O–H groups in total. The lowest BCUT2D eigenvalue weighted by Gasteiger charge is -2.07. The van der Waals surface area contributed by atoms with E-state index >= 15 is 0 Å². The quantitative estimate of drug-likeness (QED) is 0.232. The number of hydrogen-bond acceptors (Lipinski definition) is 4. The molecule has 24 heavy (non-hydrogen) atoms. The van der Waals surface area contributed by atoms with E-state index in [0.29, 0.717) is 4.91 Å². The molecule has 132 valence electrons. The number of unbranched alkanes of at least 4 members (excludes halogenated alkanes) is 6. The summed E-state index contributed by atoms with van der Waals surface area (Å²) in [6.07, 6.45) is 10.6. The standard InChI is InChI=1S/C19H27NO2S2/c1-2-3-4-5-6-7-8-13-22-17-11-9-16(10-12-17)14-18(24)19(21)20-15-23/h9-12,14-15,24H,2-8,13H2,1H3,(H,20,21,23)/b18-14+. The maximum Gasteiger partial charge on any atom is 0.262 e. The van der Waals surface area contributed by atoms with Crippen LogP contribution in [0.25, 0.3) is 6.08 Å². The Morgan fingerprint density at radius 1 is 1.12 bits per heavy atom. The first-order chi connectivity index (χ1) is 11.7. The van der Waals surface area contributed by atoms with Gasteiger partial charge in [0.2, 0.25) is 0 Å². The summed E-state index contributed by atoms with van der Waals surface area (Å²) in [6.45, 7) is 2.98. The average Bonchev–Trinajstić information content (AvgIpc) is 2.59. The van der Waals surface area contributed by atoms with Gasteiger partial charge in [0.25, 0.3) is 5.91 Å². The van der Waals surface area contributed by atoms with Crippen LogP contribution in [0.1, 0.15) is 57.4 Å². The molecule has 1 aromatic rings. The van der Waals surface area contributed by atoms with Gasteiger partial charge in [-0.1, -0.05) is 69.8 Å². The lowest BCUT2D eigenvalue weighted by molar-refractivity contribution is -0.115. The molecule has 0 aliphatic rings. The summed E-state index contributed by atoms with van der Waals surface area (Å²) in [7, 11) is 0. The molecule has 0 atom stereocenters. The zero-order chi connectivity index (χ0) is 17.6. The zero-order valence-corrected chi connectivity index (χ0v) is 16.0. The number of benzene rings is 1. The minimum absolute atomic E-state index is 0.312. The third-order valence-corrected chi connectivity index (χ3v) is 4.07. The van der Waals surface area contributed by atoms with Gasteiger partial charge >= 0.3 is 0 Å². The van der Waals surface area contributed by atoms with Gasteiger partial charge in [-0.25, -0.2) is 0 Å². The highest BCUT2D eigenvalue weighted by molar-refractivity contribution is 7.85. The van der Waals surface area contributed by atoms with E-state index in [4.69, 9.17) is 4.74 Å². The minimum Gasteiger partial charge on any atom is -0.494 e. The second-order valence-electron chi connectivity index (χ2n) is 5.66. The van der Waals surface area contributed by atoms with Crippen LogP contribution in [0, 0.1) is 0 Å². The number of amides is 1. The molecule has 0 unspecified atom stereocenters. The summed E-state index contributed by atoms with van der Waals surface area (Å²) < 4.78 is 5.74. The molecule has 0 saturated carbocycles. The number of ether oxygens (including phenoxy) is 1. The van der Waals surface area contributed by atoms with Gasteiger partial charge in [-0.15, -0.1) is 12.6 Å². The fourth-order valence-corrected chi connectivity index (χ4v) is 2.58. The number of thiocarbonyl (C=S) groups is 1. The molecule has 0 fully saturated rings. The highest BCUT2D eigenvalue weighted by atomic mass is 32.1. The first kappa shape index (κ1) is 20.7. The van der Waals surface area contributed by atoms with Crippen molar-refractivity contribution in [3.05, 3.63) is 34.7 Å². The van der Waals surface area contributed by atoms with E-state index in [1.165, 1.54) is 44.0 Å². The van der Waals surface area contributed by atoms with Gasteiger partial charge in [0.15, 0.2) is 0 Å². The lowest BCUT2D eigenvalue weighted by atomic mass is 10.1. The van der Waals surface area contributed by atoms with Gasteiger partial charge in [0, 0.05) is 0 Å². The fourth-order valence-electron chi connectivity index (χ4n) is 2.26. The molecule has 1 amide bonds. The monoisotopic (exact) mass is 365 g/mol. The molecule has 0 bridgehead atoms. The summed E-state index contributed by atoms with van der Waals surface area (Å²) in [4.78, 5) is 11.8. The van der Waals surface area contributed by atoms with Crippen molar-refractivity contribution in [3.63, 3.8) is 0 Å². The largest absolute Gasteiger partial charge is 0.494 e. The molecular weight excluding hydrogens is 338 g/mol.